The summed E-state index contributed by atoms with van der Waals surface area (Å²) in [5.74, 6) is 2.57. The van der Waals surface area contributed by atoms with E-state index in [1.54, 1.807) is 36.7 Å². The van der Waals surface area contributed by atoms with Crippen molar-refractivity contribution in [3.63, 3.8) is 0 Å². The lowest BCUT2D eigenvalue weighted by Gasteiger charge is -2.13. The van der Waals surface area contributed by atoms with Crippen LogP contribution in [0.4, 0.5) is 0 Å². The second kappa shape index (κ2) is 6.78. The van der Waals surface area contributed by atoms with Crippen molar-refractivity contribution in [3.05, 3.63) is 70.8 Å². The van der Waals surface area contributed by atoms with Gasteiger partial charge in [0.2, 0.25) is 13.6 Å². The molecule has 31 heavy (non-hydrogen) atoms. The van der Waals surface area contributed by atoms with Crippen LogP contribution < -0.4 is 24.5 Å². The van der Waals surface area contributed by atoms with Gasteiger partial charge in [0.1, 0.15) is 5.52 Å². The number of benzene rings is 2. The lowest BCUT2D eigenvalue weighted by Crippen LogP contribution is -2.24. The Morgan fingerprint density at radius 1 is 0.903 bits per heavy atom. The van der Waals surface area contributed by atoms with Crippen LogP contribution in [-0.4, -0.2) is 32.9 Å². The first-order chi connectivity index (χ1) is 15.2. The second-order valence-corrected chi connectivity index (χ2v) is 7.31. The molecule has 2 aliphatic heterocycles. The van der Waals surface area contributed by atoms with E-state index in [4.69, 9.17) is 18.9 Å². The molecular formula is C22H17N3O6. The van der Waals surface area contributed by atoms with Crippen LogP contribution in [0, 0.1) is 0 Å². The lowest BCUT2D eigenvalue weighted by molar-refractivity contribution is 0.154. The fraction of sp³-hybridized carbons (Fsp3) is 0.182. The first kappa shape index (κ1) is 17.8. The Morgan fingerprint density at radius 3 is 2.42 bits per heavy atom. The van der Waals surface area contributed by atoms with Crippen LogP contribution in [0.3, 0.4) is 0 Å². The van der Waals surface area contributed by atoms with E-state index in [1.807, 2.05) is 18.2 Å². The quantitative estimate of drug-likeness (QED) is 0.542. The van der Waals surface area contributed by atoms with Gasteiger partial charge in [-0.3, -0.25) is 4.79 Å². The third kappa shape index (κ3) is 2.98. The van der Waals surface area contributed by atoms with Crippen LogP contribution in [0.5, 0.6) is 23.0 Å². The standard InChI is InChI=1S/C22H17N3O6/c26-17(14-2-4-19-21(8-14)31-12-29-19)10-24-5-6-25-16(22(24)27)9-15(23-25)13-1-3-18-20(7-13)30-11-28-18/h1-9,17,26H,10-12H2. The molecule has 0 saturated heterocycles. The fourth-order valence-corrected chi connectivity index (χ4v) is 3.78. The van der Waals surface area contributed by atoms with E-state index in [0.29, 0.717) is 39.8 Å². The molecule has 1 atom stereocenters. The van der Waals surface area contributed by atoms with Gasteiger partial charge in [-0.2, -0.15) is 5.10 Å². The van der Waals surface area contributed by atoms with Gasteiger partial charge in [-0.1, -0.05) is 6.07 Å². The summed E-state index contributed by atoms with van der Waals surface area (Å²) in [5.41, 5.74) is 2.27. The largest absolute Gasteiger partial charge is 0.454 e. The predicted molar refractivity (Wildman–Crippen MR) is 109 cm³/mol. The maximum atomic E-state index is 13.0. The van der Waals surface area contributed by atoms with Crippen molar-refractivity contribution in [3.8, 4) is 34.3 Å². The zero-order chi connectivity index (χ0) is 20.9. The minimum atomic E-state index is -0.883. The molecule has 6 rings (SSSR count). The molecule has 2 aromatic heterocycles. The van der Waals surface area contributed by atoms with Crippen LogP contribution in [0.2, 0.25) is 0 Å². The maximum absolute atomic E-state index is 13.0. The Kier molecular flexibility index (Phi) is 3.90. The number of rotatable bonds is 4. The molecule has 1 N–H and O–H groups in total. The van der Waals surface area contributed by atoms with Crippen molar-refractivity contribution in [2.75, 3.05) is 13.6 Å². The van der Waals surface area contributed by atoms with Crippen molar-refractivity contribution < 1.29 is 24.1 Å². The Balaban J connectivity index is 1.31. The molecule has 0 aliphatic carbocycles. The van der Waals surface area contributed by atoms with E-state index in [9.17, 15) is 9.90 Å². The minimum absolute atomic E-state index is 0.0967. The number of hydrogen-bond donors (Lipinski definition) is 1. The third-order valence-electron chi connectivity index (χ3n) is 5.42. The van der Waals surface area contributed by atoms with Crippen molar-refractivity contribution in [2.24, 2.45) is 0 Å². The number of aliphatic hydroxyl groups excluding tert-OH is 1. The maximum Gasteiger partial charge on any atom is 0.276 e. The first-order valence-electron chi connectivity index (χ1n) is 9.72. The Hall–Kier alpha value is -3.98. The topological polar surface area (TPSA) is 96.5 Å². The number of hydrogen-bond acceptors (Lipinski definition) is 7. The number of aliphatic hydroxyl groups is 1. The molecule has 2 aliphatic rings. The van der Waals surface area contributed by atoms with Gasteiger partial charge >= 0.3 is 0 Å². The summed E-state index contributed by atoms with van der Waals surface area (Å²) in [4.78, 5) is 13.0. The Bertz CT molecular complexity index is 1380. The van der Waals surface area contributed by atoms with Gasteiger partial charge in [0.05, 0.1) is 18.3 Å². The van der Waals surface area contributed by atoms with Crippen LogP contribution in [0.15, 0.2) is 59.7 Å². The smallest absolute Gasteiger partial charge is 0.276 e. The van der Waals surface area contributed by atoms with Gasteiger partial charge in [-0.15, -0.1) is 0 Å². The van der Waals surface area contributed by atoms with E-state index in [-0.39, 0.29) is 25.7 Å². The summed E-state index contributed by atoms with van der Waals surface area (Å²) in [6.07, 6.45) is 2.42. The van der Waals surface area contributed by atoms with Crippen molar-refractivity contribution in [1.82, 2.24) is 14.2 Å². The normalized spacial score (nSPS) is 14.9. The molecule has 0 amide bonds. The summed E-state index contributed by atoms with van der Waals surface area (Å²) in [6, 6.07) is 12.5. The van der Waals surface area contributed by atoms with Crippen molar-refractivity contribution >= 4 is 5.52 Å². The lowest BCUT2D eigenvalue weighted by atomic mass is 10.1. The van der Waals surface area contributed by atoms with E-state index >= 15 is 0 Å². The third-order valence-corrected chi connectivity index (χ3v) is 5.42. The Labute approximate surface area is 175 Å². The second-order valence-electron chi connectivity index (χ2n) is 7.31. The van der Waals surface area contributed by atoms with Crippen molar-refractivity contribution in [1.29, 1.82) is 0 Å². The number of nitrogens with zero attached hydrogens (tertiary/aromatic N) is 3. The monoisotopic (exact) mass is 419 g/mol. The molecule has 9 heteroatoms. The summed E-state index contributed by atoms with van der Waals surface area (Å²) >= 11 is 0. The highest BCUT2D eigenvalue weighted by Gasteiger charge is 2.19. The molecule has 0 fully saturated rings. The molecule has 0 bridgehead atoms. The molecule has 156 valence electrons. The highest BCUT2D eigenvalue weighted by molar-refractivity contribution is 5.68. The van der Waals surface area contributed by atoms with E-state index in [0.717, 1.165) is 5.56 Å². The number of fused-ring (bicyclic) bond motifs is 3. The zero-order valence-electron chi connectivity index (χ0n) is 16.2. The first-order valence-corrected chi connectivity index (χ1v) is 9.72. The Morgan fingerprint density at radius 2 is 1.61 bits per heavy atom. The molecule has 4 aromatic rings. The number of ether oxygens (including phenoxy) is 4. The molecule has 2 aromatic carbocycles. The van der Waals surface area contributed by atoms with Crippen molar-refractivity contribution in [2.45, 2.75) is 12.6 Å². The van der Waals surface area contributed by atoms with Gasteiger partial charge in [0, 0.05) is 18.0 Å². The fourth-order valence-electron chi connectivity index (χ4n) is 3.78. The van der Waals surface area contributed by atoms with Crippen LogP contribution in [-0.2, 0) is 6.54 Å². The molecule has 0 saturated carbocycles. The number of aromatic nitrogens is 3. The van der Waals surface area contributed by atoms with Crippen LogP contribution >= 0.6 is 0 Å². The molecule has 1 unspecified atom stereocenters. The SMILES string of the molecule is O=c1c2cc(-c3ccc4c(c3)OCO4)nn2ccn1CC(O)c1ccc2c(c1)OCO2. The molecule has 9 nitrogen and oxygen atoms in total. The van der Waals surface area contributed by atoms with E-state index in [1.165, 1.54) is 9.08 Å². The van der Waals surface area contributed by atoms with Gasteiger partial charge in [0.15, 0.2) is 23.0 Å². The van der Waals surface area contributed by atoms with Crippen LogP contribution in [0.25, 0.3) is 16.8 Å². The predicted octanol–water partition coefficient (Wildman–Crippen LogP) is 2.35. The zero-order valence-corrected chi connectivity index (χ0v) is 16.2. The minimum Gasteiger partial charge on any atom is -0.454 e. The average Bonchev–Trinajstić information content (AvgIpc) is 3.53. The highest BCUT2D eigenvalue weighted by Crippen LogP contribution is 2.36. The summed E-state index contributed by atoms with van der Waals surface area (Å²) in [5, 5.41) is 15.2. The van der Waals surface area contributed by atoms with Gasteiger partial charge < -0.3 is 28.6 Å². The molecule has 0 spiro atoms. The summed E-state index contributed by atoms with van der Waals surface area (Å²) < 4.78 is 24.4. The van der Waals surface area contributed by atoms with E-state index in [2.05, 4.69) is 5.10 Å². The molecule has 4 heterocycles. The molecular weight excluding hydrogens is 402 g/mol. The van der Waals surface area contributed by atoms with Gasteiger partial charge in [-0.05, 0) is 42.0 Å². The van der Waals surface area contributed by atoms with E-state index < -0.39 is 6.10 Å². The van der Waals surface area contributed by atoms with Gasteiger partial charge in [-0.25, -0.2) is 4.52 Å². The molecule has 0 radical (unpaired) electrons. The average molecular weight is 419 g/mol. The van der Waals surface area contributed by atoms with Crippen LogP contribution in [0.1, 0.15) is 11.7 Å². The summed E-state index contributed by atoms with van der Waals surface area (Å²) in [7, 11) is 0. The highest BCUT2D eigenvalue weighted by atomic mass is 16.7. The summed E-state index contributed by atoms with van der Waals surface area (Å²) in [6.45, 7) is 0.456. The van der Waals surface area contributed by atoms with Gasteiger partial charge in [0.25, 0.3) is 5.56 Å².